The lowest BCUT2D eigenvalue weighted by atomic mass is 10.00. The number of nitrogens with zero attached hydrogens (tertiary/aromatic N) is 3. The van der Waals surface area contributed by atoms with Crippen LogP contribution in [0.2, 0.25) is 0 Å². The van der Waals surface area contributed by atoms with Crippen LogP contribution < -0.4 is 10.2 Å². The van der Waals surface area contributed by atoms with Crippen molar-refractivity contribution in [3.05, 3.63) is 83.3 Å². The molecule has 1 amide bonds. The molecule has 0 radical (unpaired) electrons. The summed E-state index contributed by atoms with van der Waals surface area (Å²) in [5.41, 5.74) is 4.92. The summed E-state index contributed by atoms with van der Waals surface area (Å²) in [5, 5.41) is 2.90. The van der Waals surface area contributed by atoms with Crippen molar-refractivity contribution in [2.24, 2.45) is 0 Å². The molecule has 0 aliphatic carbocycles. The molecule has 0 saturated carbocycles. The molecule has 0 saturated heterocycles. The minimum absolute atomic E-state index is 0.225. The van der Waals surface area contributed by atoms with Crippen LogP contribution in [0.25, 0.3) is 0 Å². The first-order valence-corrected chi connectivity index (χ1v) is 8.71. The molecule has 0 bridgehead atoms. The fourth-order valence-corrected chi connectivity index (χ4v) is 3.25. The summed E-state index contributed by atoms with van der Waals surface area (Å²) in [4.78, 5) is 23.2. The quantitative estimate of drug-likeness (QED) is 0.789. The maximum absolute atomic E-state index is 12.5. The maximum Gasteiger partial charge on any atom is 0.274 e. The molecule has 5 nitrogen and oxygen atoms in total. The van der Waals surface area contributed by atoms with Crippen LogP contribution in [0.3, 0.4) is 0 Å². The zero-order chi connectivity index (χ0) is 17.9. The van der Waals surface area contributed by atoms with Crippen molar-refractivity contribution in [3.8, 4) is 0 Å². The van der Waals surface area contributed by atoms with E-state index in [2.05, 4.69) is 44.5 Å². The number of anilines is 2. The second kappa shape index (κ2) is 6.96. The van der Waals surface area contributed by atoms with Gasteiger partial charge in [-0.15, -0.1) is 0 Å². The summed E-state index contributed by atoms with van der Waals surface area (Å²) in [6.45, 7) is 3.67. The van der Waals surface area contributed by atoms with Crippen LogP contribution in [-0.4, -0.2) is 22.4 Å². The third-order valence-electron chi connectivity index (χ3n) is 4.62. The SMILES string of the molecule is Cc1cccc(NC(=O)c2cc(N3CCc4ccccc4C3)ncn2)c1. The predicted molar refractivity (Wildman–Crippen MR) is 102 cm³/mol. The molecule has 5 heteroatoms. The first-order chi connectivity index (χ1) is 12.7. The van der Waals surface area contributed by atoms with Gasteiger partial charge in [-0.2, -0.15) is 0 Å². The number of hydrogen-bond acceptors (Lipinski definition) is 4. The Morgan fingerprint density at radius 3 is 2.73 bits per heavy atom. The van der Waals surface area contributed by atoms with Gasteiger partial charge in [0.2, 0.25) is 0 Å². The van der Waals surface area contributed by atoms with Crippen LogP contribution in [0.1, 0.15) is 27.2 Å². The van der Waals surface area contributed by atoms with Gasteiger partial charge in [-0.25, -0.2) is 9.97 Å². The molecular formula is C21H20N4O. The highest BCUT2D eigenvalue weighted by atomic mass is 16.1. The highest BCUT2D eigenvalue weighted by Crippen LogP contribution is 2.23. The highest BCUT2D eigenvalue weighted by Gasteiger charge is 2.18. The van der Waals surface area contributed by atoms with E-state index < -0.39 is 0 Å². The second-order valence-corrected chi connectivity index (χ2v) is 6.53. The van der Waals surface area contributed by atoms with E-state index in [4.69, 9.17) is 0 Å². The van der Waals surface area contributed by atoms with Crippen LogP contribution in [0.5, 0.6) is 0 Å². The maximum atomic E-state index is 12.5. The van der Waals surface area contributed by atoms with Gasteiger partial charge in [0.15, 0.2) is 0 Å². The van der Waals surface area contributed by atoms with Gasteiger partial charge >= 0.3 is 0 Å². The number of aromatic nitrogens is 2. The van der Waals surface area contributed by atoms with Crippen LogP contribution >= 0.6 is 0 Å². The van der Waals surface area contributed by atoms with Crippen molar-refractivity contribution < 1.29 is 4.79 Å². The van der Waals surface area contributed by atoms with Gasteiger partial charge in [-0.1, -0.05) is 36.4 Å². The van der Waals surface area contributed by atoms with E-state index in [1.54, 1.807) is 6.07 Å². The van der Waals surface area contributed by atoms with E-state index in [0.29, 0.717) is 5.69 Å². The fraction of sp³-hybridized carbons (Fsp3) is 0.190. The molecule has 0 atom stereocenters. The molecule has 130 valence electrons. The number of rotatable bonds is 3. The van der Waals surface area contributed by atoms with Crippen molar-refractivity contribution in [3.63, 3.8) is 0 Å². The van der Waals surface area contributed by atoms with Gasteiger partial charge in [0.1, 0.15) is 17.8 Å². The molecule has 0 fully saturated rings. The molecule has 1 aromatic heterocycles. The Bertz CT molecular complexity index is 954. The normalized spacial score (nSPS) is 13.2. The van der Waals surface area contributed by atoms with E-state index >= 15 is 0 Å². The predicted octanol–water partition coefficient (Wildman–Crippen LogP) is 3.60. The van der Waals surface area contributed by atoms with E-state index in [-0.39, 0.29) is 5.91 Å². The molecule has 1 N–H and O–H groups in total. The summed E-state index contributed by atoms with van der Waals surface area (Å²) >= 11 is 0. The summed E-state index contributed by atoms with van der Waals surface area (Å²) in [7, 11) is 0. The third kappa shape index (κ3) is 3.42. The molecule has 26 heavy (non-hydrogen) atoms. The largest absolute Gasteiger partial charge is 0.352 e. The first kappa shape index (κ1) is 16.3. The average molecular weight is 344 g/mol. The molecular weight excluding hydrogens is 324 g/mol. The Hall–Kier alpha value is -3.21. The number of amides is 1. The second-order valence-electron chi connectivity index (χ2n) is 6.53. The number of hydrogen-bond donors (Lipinski definition) is 1. The van der Waals surface area contributed by atoms with Gasteiger partial charge in [0.05, 0.1) is 0 Å². The lowest BCUT2D eigenvalue weighted by Crippen LogP contribution is -2.31. The van der Waals surface area contributed by atoms with Gasteiger partial charge < -0.3 is 10.2 Å². The number of carbonyl (C=O) groups excluding carboxylic acids is 1. The number of carbonyl (C=O) groups is 1. The lowest BCUT2D eigenvalue weighted by Gasteiger charge is -2.29. The Kier molecular flexibility index (Phi) is 4.35. The summed E-state index contributed by atoms with van der Waals surface area (Å²) < 4.78 is 0. The van der Waals surface area contributed by atoms with Crippen LogP contribution in [0.4, 0.5) is 11.5 Å². The van der Waals surface area contributed by atoms with Gasteiger partial charge in [-0.05, 0) is 42.2 Å². The smallest absolute Gasteiger partial charge is 0.274 e. The highest BCUT2D eigenvalue weighted by molar-refractivity contribution is 6.03. The van der Waals surface area contributed by atoms with Gasteiger partial charge in [-0.3, -0.25) is 4.79 Å². The summed E-state index contributed by atoms with van der Waals surface area (Å²) in [6, 6.07) is 17.9. The zero-order valence-corrected chi connectivity index (χ0v) is 14.6. The zero-order valence-electron chi connectivity index (χ0n) is 14.6. The Balaban J connectivity index is 1.53. The fourth-order valence-electron chi connectivity index (χ4n) is 3.25. The van der Waals surface area contributed by atoms with Crippen molar-refractivity contribution in [2.45, 2.75) is 19.9 Å². The van der Waals surface area contributed by atoms with Crippen molar-refractivity contribution in [2.75, 3.05) is 16.8 Å². The number of nitrogens with one attached hydrogen (secondary N) is 1. The molecule has 2 aromatic carbocycles. The topological polar surface area (TPSA) is 58.1 Å². The standard InChI is InChI=1S/C21H20N4O/c1-15-5-4-8-18(11-15)24-21(26)19-12-20(23-14-22-19)25-10-9-16-6-2-3-7-17(16)13-25/h2-8,11-12,14H,9-10,13H2,1H3,(H,24,26). The number of benzene rings is 2. The van der Waals surface area contributed by atoms with Crippen molar-refractivity contribution >= 4 is 17.4 Å². The van der Waals surface area contributed by atoms with Crippen molar-refractivity contribution in [1.82, 2.24) is 9.97 Å². The van der Waals surface area contributed by atoms with Crippen LogP contribution in [-0.2, 0) is 13.0 Å². The molecule has 0 unspecified atom stereocenters. The summed E-state index contributed by atoms with van der Waals surface area (Å²) in [6.07, 6.45) is 2.44. The lowest BCUT2D eigenvalue weighted by molar-refractivity contribution is 0.102. The van der Waals surface area contributed by atoms with Crippen molar-refractivity contribution in [1.29, 1.82) is 0 Å². The van der Waals surface area contributed by atoms with Crippen LogP contribution in [0, 0.1) is 6.92 Å². The minimum atomic E-state index is -0.225. The molecule has 3 aromatic rings. The Morgan fingerprint density at radius 2 is 1.88 bits per heavy atom. The van der Waals surface area contributed by atoms with E-state index in [1.165, 1.54) is 17.5 Å². The molecule has 4 rings (SSSR count). The first-order valence-electron chi connectivity index (χ1n) is 8.71. The summed E-state index contributed by atoms with van der Waals surface area (Å²) in [5.74, 6) is 0.556. The molecule has 0 spiro atoms. The number of aryl methyl sites for hydroxylation is 1. The van der Waals surface area contributed by atoms with Crippen LogP contribution in [0.15, 0.2) is 60.9 Å². The van der Waals surface area contributed by atoms with E-state index in [1.807, 2.05) is 31.2 Å². The van der Waals surface area contributed by atoms with E-state index in [9.17, 15) is 4.79 Å². The average Bonchev–Trinajstić information content (AvgIpc) is 2.68. The third-order valence-corrected chi connectivity index (χ3v) is 4.62. The number of fused-ring (bicyclic) bond motifs is 1. The van der Waals surface area contributed by atoms with E-state index in [0.717, 1.165) is 36.6 Å². The molecule has 2 heterocycles. The Labute approximate surface area is 152 Å². The molecule has 1 aliphatic heterocycles. The minimum Gasteiger partial charge on any atom is -0.352 e. The van der Waals surface area contributed by atoms with Gasteiger partial charge in [0, 0.05) is 24.8 Å². The molecule has 1 aliphatic rings. The monoisotopic (exact) mass is 344 g/mol. The Morgan fingerprint density at radius 1 is 1.04 bits per heavy atom. The van der Waals surface area contributed by atoms with Gasteiger partial charge in [0.25, 0.3) is 5.91 Å².